The molecule has 2 rings (SSSR count). The molecule has 0 bridgehead atoms. The topological polar surface area (TPSA) is 70.5 Å². The van der Waals surface area contributed by atoms with Crippen LogP contribution in [0.3, 0.4) is 0 Å². The minimum Gasteiger partial charge on any atom is -0.490 e. The Kier molecular flexibility index (Phi) is 4.49. The highest BCUT2D eigenvalue weighted by atomic mass is 16.5. The van der Waals surface area contributed by atoms with Crippen LogP contribution in [0.5, 0.6) is 17.4 Å². The summed E-state index contributed by atoms with van der Waals surface area (Å²) in [5.74, 6) is 0.562. The van der Waals surface area contributed by atoms with E-state index in [9.17, 15) is 4.79 Å². The van der Waals surface area contributed by atoms with Crippen molar-refractivity contribution in [1.29, 1.82) is 0 Å². The zero-order valence-electron chi connectivity index (χ0n) is 11.2. The summed E-state index contributed by atoms with van der Waals surface area (Å²) in [6, 6.07) is 8.60. The zero-order chi connectivity index (χ0) is 14.4. The molecular formula is C14H14N2O4. The van der Waals surface area contributed by atoms with Crippen LogP contribution in [0.2, 0.25) is 0 Å². The van der Waals surface area contributed by atoms with Crippen molar-refractivity contribution in [2.75, 3.05) is 13.7 Å². The minimum absolute atomic E-state index is 0.0755. The van der Waals surface area contributed by atoms with E-state index in [1.54, 1.807) is 18.2 Å². The van der Waals surface area contributed by atoms with Crippen LogP contribution in [-0.4, -0.2) is 29.9 Å². The van der Waals surface area contributed by atoms with E-state index in [-0.39, 0.29) is 11.4 Å². The van der Waals surface area contributed by atoms with Crippen LogP contribution in [0.25, 0.3) is 0 Å². The number of rotatable bonds is 5. The molecule has 6 nitrogen and oxygen atoms in total. The van der Waals surface area contributed by atoms with Crippen molar-refractivity contribution < 1.29 is 19.0 Å². The average molecular weight is 274 g/mol. The first-order valence-corrected chi connectivity index (χ1v) is 6.06. The van der Waals surface area contributed by atoms with Crippen molar-refractivity contribution in [1.82, 2.24) is 10.2 Å². The standard InChI is InChI=1S/C14H14N2O4/c1-3-19-11-6-4-5-7-12(11)20-13-10(14(17)18-2)8-9-15-16-13/h4-9H,3H2,1-2H3. The zero-order valence-corrected chi connectivity index (χ0v) is 11.2. The molecule has 104 valence electrons. The highest BCUT2D eigenvalue weighted by Gasteiger charge is 2.16. The molecular weight excluding hydrogens is 260 g/mol. The summed E-state index contributed by atoms with van der Waals surface area (Å²) >= 11 is 0. The largest absolute Gasteiger partial charge is 0.490 e. The van der Waals surface area contributed by atoms with Crippen molar-refractivity contribution in [3.63, 3.8) is 0 Å². The number of methoxy groups -OCH3 is 1. The van der Waals surface area contributed by atoms with Gasteiger partial charge in [0.2, 0.25) is 0 Å². The molecule has 0 saturated carbocycles. The van der Waals surface area contributed by atoms with Gasteiger partial charge in [-0.05, 0) is 25.1 Å². The molecule has 0 spiro atoms. The Balaban J connectivity index is 2.33. The molecule has 20 heavy (non-hydrogen) atoms. The van der Waals surface area contributed by atoms with E-state index < -0.39 is 5.97 Å². The van der Waals surface area contributed by atoms with E-state index in [1.807, 2.05) is 13.0 Å². The summed E-state index contributed by atoms with van der Waals surface area (Å²) in [6.45, 7) is 2.38. The van der Waals surface area contributed by atoms with Gasteiger partial charge in [-0.2, -0.15) is 5.10 Å². The molecule has 1 aromatic carbocycles. The van der Waals surface area contributed by atoms with Gasteiger partial charge in [0.15, 0.2) is 11.5 Å². The van der Waals surface area contributed by atoms with Gasteiger partial charge in [-0.25, -0.2) is 4.79 Å². The molecule has 0 atom stereocenters. The van der Waals surface area contributed by atoms with Crippen LogP contribution >= 0.6 is 0 Å². The first-order valence-electron chi connectivity index (χ1n) is 6.06. The quantitative estimate of drug-likeness (QED) is 0.780. The Hall–Kier alpha value is -2.63. The first kappa shape index (κ1) is 13.8. The summed E-state index contributed by atoms with van der Waals surface area (Å²) in [6.07, 6.45) is 1.40. The second kappa shape index (κ2) is 6.51. The number of nitrogens with zero attached hydrogens (tertiary/aromatic N) is 2. The summed E-state index contributed by atoms with van der Waals surface area (Å²) < 4.78 is 15.7. The van der Waals surface area contributed by atoms with E-state index in [2.05, 4.69) is 14.9 Å². The lowest BCUT2D eigenvalue weighted by molar-refractivity contribution is 0.0596. The molecule has 0 N–H and O–H groups in total. The maximum absolute atomic E-state index is 11.6. The third-order valence-electron chi connectivity index (χ3n) is 2.45. The Morgan fingerprint density at radius 1 is 1.20 bits per heavy atom. The van der Waals surface area contributed by atoms with E-state index in [1.165, 1.54) is 19.4 Å². The van der Waals surface area contributed by atoms with Gasteiger partial charge in [-0.15, -0.1) is 5.10 Å². The van der Waals surface area contributed by atoms with Crippen LogP contribution in [-0.2, 0) is 4.74 Å². The van der Waals surface area contributed by atoms with Crippen molar-refractivity contribution in [3.8, 4) is 17.4 Å². The predicted molar refractivity (Wildman–Crippen MR) is 71.1 cm³/mol. The number of para-hydroxylation sites is 2. The third-order valence-corrected chi connectivity index (χ3v) is 2.45. The Morgan fingerprint density at radius 2 is 1.95 bits per heavy atom. The smallest absolute Gasteiger partial charge is 0.343 e. The number of ether oxygens (including phenoxy) is 3. The number of hydrogen-bond donors (Lipinski definition) is 0. The fourth-order valence-electron chi connectivity index (χ4n) is 1.57. The van der Waals surface area contributed by atoms with Gasteiger partial charge >= 0.3 is 5.97 Å². The minimum atomic E-state index is -0.538. The molecule has 0 aliphatic heterocycles. The lowest BCUT2D eigenvalue weighted by Crippen LogP contribution is -2.06. The summed E-state index contributed by atoms with van der Waals surface area (Å²) in [5.41, 5.74) is 0.203. The van der Waals surface area contributed by atoms with Crippen molar-refractivity contribution >= 4 is 5.97 Å². The molecule has 2 aromatic rings. The summed E-state index contributed by atoms with van der Waals surface area (Å²) in [7, 11) is 1.29. The van der Waals surface area contributed by atoms with E-state index >= 15 is 0 Å². The molecule has 0 unspecified atom stereocenters. The second-order valence-electron chi connectivity index (χ2n) is 3.72. The maximum Gasteiger partial charge on any atom is 0.343 e. The third kappa shape index (κ3) is 3.03. The number of esters is 1. The van der Waals surface area contributed by atoms with Crippen LogP contribution in [0.15, 0.2) is 36.5 Å². The summed E-state index contributed by atoms with van der Waals surface area (Å²) in [5, 5.41) is 7.53. The highest BCUT2D eigenvalue weighted by Crippen LogP contribution is 2.31. The summed E-state index contributed by atoms with van der Waals surface area (Å²) in [4.78, 5) is 11.6. The SMILES string of the molecule is CCOc1ccccc1Oc1nnccc1C(=O)OC. The number of carbonyl (C=O) groups excluding carboxylic acids is 1. The second-order valence-corrected chi connectivity index (χ2v) is 3.72. The molecule has 1 aromatic heterocycles. The molecule has 6 heteroatoms. The van der Waals surface area contributed by atoms with Gasteiger partial charge in [0.25, 0.3) is 5.88 Å². The van der Waals surface area contributed by atoms with E-state index in [4.69, 9.17) is 9.47 Å². The van der Waals surface area contributed by atoms with Crippen molar-refractivity contribution in [2.45, 2.75) is 6.92 Å². The number of benzene rings is 1. The molecule has 0 saturated heterocycles. The van der Waals surface area contributed by atoms with Gasteiger partial charge < -0.3 is 14.2 Å². The van der Waals surface area contributed by atoms with Crippen LogP contribution in [0.1, 0.15) is 17.3 Å². The Labute approximate surface area is 116 Å². The van der Waals surface area contributed by atoms with Crippen molar-refractivity contribution in [2.24, 2.45) is 0 Å². The molecule has 0 radical (unpaired) electrons. The maximum atomic E-state index is 11.6. The molecule has 1 heterocycles. The number of aromatic nitrogens is 2. The van der Waals surface area contributed by atoms with Gasteiger partial charge in [0, 0.05) is 0 Å². The average Bonchev–Trinajstić information content (AvgIpc) is 2.49. The first-order chi connectivity index (χ1) is 9.76. The Bertz CT molecular complexity index is 601. The van der Waals surface area contributed by atoms with Crippen LogP contribution in [0, 0.1) is 0 Å². The highest BCUT2D eigenvalue weighted by molar-refractivity contribution is 5.91. The van der Waals surface area contributed by atoms with Gasteiger partial charge in [0.1, 0.15) is 5.56 Å². The lowest BCUT2D eigenvalue weighted by atomic mass is 10.3. The number of hydrogen-bond acceptors (Lipinski definition) is 6. The fraction of sp³-hybridized carbons (Fsp3) is 0.214. The fourth-order valence-corrected chi connectivity index (χ4v) is 1.57. The molecule has 0 amide bonds. The number of carbonyl (C=O) groups is 1. The monoisotopic (exact) mass is 274 g/mol. The van der Waals surface area contributed by atoms with Crippen LogP contribution < -0.4 is 9.47 Å². The lowest BCUT2D eigenvalue weighted by Gasteiger charge is -2.11. The van der Waals surface area contributed by atoms with Gasteiger partial charge in [0.05, 0.1) is 19.9 Å². The van der Waals surface area contributed by atoms with Crippen molar-refractivity contribution in [3.05, 3.63) is 42.1 Å². The van der Waals surface area contributed by atoms with E-state index in [0.717, 1.165) is 0 Å². The van der Waals surface area contributed by atoms with Gasteiger partial charge in [-0.1, -0.05) is 12.1 Å². The van der Waals surface area contributed by atoms with Crippen LogP contribution in [0.4, 0.5) is 0 Å². The van der Waals surface area contributed by atoms with E-state index in [0.29, 0.717) is 18.1 Å². The normalized spacial score (nSPS) is 9.90. The predicted octanol–water partition coefficient (Wildman–Crippen LogP) is 2.45. The van der Waals surface area contributed by atoms with Gasteiger partial charge in [-0.3, -0.25) is 0 Å². The molecule has 0 aliphatic rings. The molecule has 0 fully saturated rings. The Morgan fingerprint density at radius 3 is 2.65 bits per heavy atom. The molecule has 0 aliphatic carbocycles.